The Bertz CT molecular complexity index is 838. The molecule has 2 saturated heterocycles. The van der Waals surface area contributed by atoms with Gasteiger partial charge in [0.25, 0.3) is 0 Å². The number of carbonyl (C=O) groups excluding carboxylic acids is 4. The van der Waals surface area contributed by atoms with Gasteiger partial charge >= 0.3 is 23.9 Å². The monoisotopic (exact) mass is 604 g/mol. The largest absolute Gasteiger partial charge is 0.463 e. The van der Waals surface area contributed by atoms with Crippen molar-refractivity contribution in [3.05, 3.63) is 0 Å². The molecule has 0 radical (unpaired) electrons. The molecule has 12 nitrogen and oxygen atoms in total. The molecule has 12 heteroatoms. The lowest BCUT2D eigenvalue weighted by Gasteiger charge is -2.40. The van der Waals surface area contributed by atoms with E-state index in [9.17, 15) is 19.2 Å². The van der Waals surface area contributed by atoms with Crippen LogP contribution in [0, 0.1) is 0 Å². The third kappa shape index (κ3) is 17.6. The maximum Gasteiger partial charge on any atom is 0.308 e. The van der Waals surface area contributed by atoms with Crippen LogP contribution in [0.15, 0.2) is 0 Å². The van der Waals surface area contributed by atoms with Crippen LogP contribution in [0.3, 0.4) is 0 Å². The normalized spacial score (nSPS) is 25.2. The molecule has 0 aromatic carbocycles. The number of carbonyl (C=O) groups is 4. The molecule has 244 valence electrons. The Balaban J connectivity index is 0.000000420. The van der Waals surface area contributed by atoms with Gasteiger partial charge in [-0.2, -0.15) is 0 Å². The van der Waals surface area contributed by atoms with E-state index in [1.54, 1.807) is 27.7 Å². The summed E-state index contributed by atoms with van der Waals surface area (Å²) in [6, 6.07) is 0. The van der Waals surface area contributed by atoms with E-state index in [-0.39, 0.29) is 74.3 Å². The summed E-state index contributed by atoms with van der Waals surface area (Å²) in [5.74, 6) is -2.98. The first-order valence-corrected chi connectivity index (χ1v) is 14.4. The van der Waals surface area contributed by atoms with Crippen molar-refractivity contribution < 1.29 is 57.1 Å². The Kier molecular flexibility index (Phi) is 13.9. The molecule has 0 unspecified atom stereocenters. The summed E-state index contributed by atoms with van der Waals surface area (Å²) in [7, 11) is 0. The molecule has 4 atom stereocenters. The highest BCUT2D eigenvalue weighted by atomic mass is 16.7. The molecule has 2 fully saturated rings. The van der Waals surface area contributed by atoms with Crippen LogP contribution >= 0.6 is 0 Å². The second kappa shape index (κ2) is 15.4. The topological polar surface area (TPSA) is 142 Å². The summed E-state index contributed by atoms with van der Waals surface area (Å²) >= 11 is 0. The third-order valence-electron chi connectivity index (χ3n) is 5.43. The summed E-state index contributed by atoms with van der Waals surface area (Å²) < 4.78 is 43.4. The molecule has 42 heavy (non-hydrogen) atoms. The summed E-state index contributed by atoms with van der Waals surface area (Å²) in [5, 5.41) is 0. The van der Waals surface area contributed by atoms with Crippen LogP contribution in [0.1, 0.15) is 109 Å². The van der Waals surface area contributed by atoms with E-state index in [1.165, 1.54) is 13.8 Å². The Morgan fingerprint density at radius 1 is 0.595 bits per heavy atom. The Morgan fingerprint density at radius 3 is 1.14 bits per heavy atom. The molecule has 0 saturated carbocycles. The highest BCUT2D eigenvalue weighted by Gasteiger charge is 2.39. The first kappa shape index (κ1) is 37.7. The zero-order chi connectivity index (χ0) is 32.5. The van der Waals surface area contributed by atoms with Gasteiger partial charge in [-0.3, -0.25) is 19.2 Å². The smallest absolute Gasteiger partial charge is 0.308 e. The van der Waals surface area contributed by atoms with Crippen molar-refractivity contribution in [2.45, 2.75) is 156 Å². The van der Waals surface area contributed by atoms with Crippen molar-refractivity contribution in [1.82, 2.24) is 0 Å². The zero-order valence-electron chi connectivity index (χ0n) is 27.5. The number of rotatable bonds is 8. The second-order valence-corrected chi connectivity index (χ2v) is 13.4. The Hall–Kier alpha value is -2.28. The fourth-order valence-corrected chi connectivity index (χ4v) is 4.45. The van der Waals surface area contributed by atoms with Crippen LogP contribution in [-0.4, -0.2) is 84.3 Å². The molecule has 0 aromatic rings. The average Bonchev–Trinajstić information content (AvgIpc) is 2.71. The van der Waals surface area contributed by atoms with Crippen LogP contribution in [0.25, 0.3) is 0 Å². The zero-order valence-corrected chi connectivity index (χ0v) is 27.5. The van der Waals surface area contributed by atoms with Gasteiger partial charge in [0.2, 0.25) is 0 Å². The lowest BCUT2D eigenvalue weighted by molar-refractivity contribution is -0.305. The molecule has 2 heterocycles. The van der Waals surface area contributed by atoms with E-state index < -0.39 is 22.8 Å². The van der Waals surface area contributed by atoms with Crippen LogP contribution in [0.4, 0.5) is 0 Å². The second-order valence-electron chi connectivity index (χ2n) is 13.4. The van der Waals surface area contributed by atoms with Gasteiger partial charge in [-0.05, 0) is 69.2 Å². The Morgan fingerprint density at radius 2 is 0.881 bits per heavy atom. The van der Waals surface area contributed by atoms with Gasteiger partial charge in [0.15, 0.2) is 11.6 Å². The van der Waals surface area contributed by atoms with Crippen molar-refractivity contribution >= 4 is 23.9 Å². The van der Waals surface area contributed by atoms with Gasteiger partial charge in [-0.15, -0.1) is 0 Å². The van der Waals surface area contributed by atoms with E-state index in [0.717, 1.165) is 0 Å². The molecule has 0 N–H and O–H groups in total. The summed E-state index contributed by atoms with van der Waals surface area (Å²) in [6.07, 6.45) is 0.0659. The number of esters is 4. The minimum absolute atomic E-state index is 0.153. The van der Waals surface area contributed by atoms with Crippen molar-refractivity contribution in [2.75, 3.05) is 13.2 Å². The van der Waals surface area contributed by atoms with Crippen molar-refractivity contribution in [3.63, 3.8) is 0 Å². The first-order chi connectivity index (χ1) is 18.9. The van der Waals surface area contributed by atoms with Crippen molar-refractivity contribution in [3.8, 4) is 0 Å². The number of ether oxygens (including phenoxy) is 8. The quantitative estimate of drug-likeness (QED) is 0.287. The minimum Gasteiger partial charge on any atom is -0.463 e. The van der Waals surface area contributed by atoms with E-state index >= 15 is 0 Å². The van der Waals surface area contributed by atoms with Gasteiger partial charge < -0.3 is 37.9 Å². The maximum atomic E-state index is 11.9. The molecule has 2 aliphatic rings. The van der Waals surface area contributed by atoms with Gasteiger partial charge in [0, 0.05) is 26.7 Å². The molecule has 0 aliphatic carbocycles. The molecule has 2 aliphatic heterocycles. The lowest BCUT2D eigenvalue weighted by Crippen LogP contribution is -2.47. The molecule has 0 bridgehead atoms. The van der Waals surface area contributed by atoms with E-state index in [0.29, 0.717) is 12.8 Å². The van der Waals surface area contributed by atoms with E-state index in [2.05, 4.69) is 0 Å². The average molecular weight is 605 g/mol. The highest BCUT2D eigenvalue weighted by molar-refractivity contribution is 5.71. The first-order valence-electron chi connectivity index (χ1n) is 14.4. The summed E-state index contributed by atoms with van der Waals surface area (Å²) in [5.41, 5.74) is -1.04. The molecular weight excluding hydrogens is 552 g/mol. The van der Waals surface area contributed by atoms with Gasteiger partial charge in [-0.25, -0.2) is 0 Å². The van der Waals surface area contributed by atoms with Crippen molar-refractivity contribution in [2.24, 2.45) is 0 Å². The summed E-state index contributed by atoms with van der Waals surface area (Å²) in [6.45, 7) is 21.0. The van der Waals surface area contributed by atoms with Crippen LogP contribution < -0.4 is 0 Å². The number of hydrogen-bond donors (Lipinski definition) is 0. The SMILES string of the molecule is CC(=O)OC[C@@H]1C[C@H](CC(=O)OC(C)(C)C)OC(C)(C)O1.CC(=O)OC[C@H]1C[C@@H](CC(=O)OC(C)(C)C)OC(C)(C)O1. The molecule has 0 aromatic heterocycles. The summed E-state index contributed by atoms with van der Waals surface area (Å²) in [4.78, 5) is 45.5. The predicted octanol–water partition coefficient (Wildman–Crippen LogP) is 4.38. The van der Waals surface area contributed by atoms with Gasteiger partial charge in [0.1, 0.15) is 24.4 Å². The number of hydrogen-bond acceptors (Lipinski definition) is 12. The molecular formula is C30H52O12. The molecule has 0 spiro atoms. The Labute approximate surface area is 250 Å². The van der Waals surface area contributed by atoms with E-state index in [4.69, 9.17) is 37.9 Å². The van der Waals surface area contributed by atoms with Crippen LogP contribution in [0.2, 0.25) is 0 Å². The fourth-order valence-electron chi connectivity index (χ4n) is 4.45. The predicted molar refractivity (Wildman–Crippen MR) is 151 cm³/mol. The lowest BCUT2D eigenvalue weighted by atomic mass is 10.1. The van der Waals surface area contributed by atoms with Gasteiger partial charge in [0.05, 0.1) is 37.3 Å². The van der Waals surface area contributed by atoms with Crippen molar-refractivity contribution in [1.29, 1.82) is 0 Å². The van der Waals surface area contributed by atoms with E-state index in [1.807, 2.05) is 41.5 Å². The third-order valence-corrected chi connectivity index (χ3v) is 5.43. The maximum absolute atomic E-state index is 11.9. The highest BCUT2D eigenvalue weighted by Crippen LogP contribution is 2.30. The molecule has 0 amide bonds. The van der Waals surface area contributed by atoms with Gasteiger partial charge in [-0.1, -0.05) is 0 Å². The van der Waals surface area contributed by atoms with Crippen LogP contribution in [0.5, 0.6) is 0 Å². The fraction of sp³-hybridized carbons (Fsp3) is 0.867. The molecule has 2 rings (SSSR count). The standard InChI is InChI=1S/2C15H26O6/c2*1-10(16)18-9-12-7-11(19-15(5,6)20-12)8-13(17)21-14(2,3)4/h2*11-12H,7-9H2,1-6H3/t2*11-,12+/m10/s1. The minimum atomic E-state index is -0.824. The van der Waals surface area contributed by atoms with Crippen LogP contribution in [-0.2, 0) is 57.1 Å².